The molecule has 1 N–H and O–H groups in total. The van der Waals surface area contributed by atoms with E-state index in [4.69, 9.17) is 0 Å². The maximum Gasteiger partial charge on any atom is 0.219 e. The summed E-state index contributed by atoms with van der Waals surface area (Å²) in [5.41, 5.74) is 0.607. The molecule has 6 nitrogen and oxygen atoms in total. The van der Waals surface area contributed by atoms with Gasteiger partial charge in [-0.2, -0.15) is 5.26 Å². The lowest BCUT2D eigenvalue weighted by Crippen LogP contribution is -2.46. The van der Waals surface area contributed by atoms with E-state index in [0.717, 1.165) is 45.4 Å². The van der Waals surface area contributed by atoms with Gasteiger partial charge in [-0.15, -0.1) is 12.4 Å². The highest BCUT2D eigenvalue weighted by Gasteiger charge is 2.37. The molecule has 2 saturated heterocycles. The standard InChI is InChI=1S/C20H29N5O.ClH/c1-3-5-17-13-25(18-7-10-24(11-8-18)15(2)26)14-19(17)23-20-16(12-21)6-4-9-22-20;/h4,6,9,17-19H,3,5,7-8,10-11,13-14H2,1-2H3,(H,22,23);1H/t17-,19-;/m0./s1. The first kappa shape index (κ1) is 21.5. The average Bonchev–Trinajstić information content (AvgIpc) is 3.05. The van der Waals surface area contributed by atoms with Crippen molar-refractivity contribution in [2.75, 3.05) is 31.5 Å². The number of anilines is 1. The Kier molecular flexibility index (Phi) is 7.88. The van der Waals surface area contributed by atoms with Crippen LogP contribution in [0.25, 0.3) is 0 Å². The summed E-state index contributed by atoms with van der Waals surface area (Å²) in [6.45, 7) is 7.69. The van der Waals surface area contributed by atoms with Crippen molar-refractivity contribution in [3.63, 3.8) is 0 Å². The van der Waals surface area contributed by atoms with Gasteiger partial charge in [0.2, 0.25) is 5.91 Å². The Hall–Kier alpha value is -1.84. The summed E-state index contributed by atoms with van der Waals surface area (Å²) in [7, 11) is 0. The van der Waals surface area contributed by atoms with Crippen molar-refractivity contribution >= 4 is 24.1 Å². The molecule has 27 heavy (non-hydrogen) atoms. The lowest BCUT2D eigenvalue weighted by molar-refractivity contribution is -0.130. The molecule has 0 bridgehead atoms. The number of halogens is 1. The average molecular weight is 392 g/mol. The highest BCUT2D eigenvalue weighted by atomic mass is 35.5. The molecule has 0 spiro atoms. The quantitative estimate of drug-likeness (QED) is 0.835. The Bertz CT molecular complexity index is 669. The summed E-state index contributed by atoms with van der Waals surface area (Å²) in [6, 6.07) is 6.72. The van der Waals surface area contributed by atoms with Gasteiger partial charge in [-0.1, -0.05) is 13.3 Å². The van der Waals surface area contributed by atoms with Crippen LogP contribution in [0.5, 0.6) is 0 Å². The molecule has 2 fully saturated rings. The van der Waals surface area contributed by atoms with Gasteiger partial charge in [0.05, 0.1) is 5.56 Å². The summed E-state index contributed by atoms with van der Waals surface area (Å²) in [4.78, 5) is 20.5. The van der Waals surface area contributed by atoms with Gasteiger partial charge in [-0.3, -0.25) is 9.69 Å². The summed E-state index contributed by atoms with van der Waals surface area (Å²) in [5, 5.41) is 12.9. The van der Waals surface area contributed by atoms with Gasteiger partial charge >= 0.3 is 0 Å². The third kappa shape index (κ3) is 5.12. The number of likely N-dealkylation sites (tertiary alicyclic amines) is 2. The van der Waals surface area contributed by atoms with Crippen molar-refractivity contribution < 1.29 is 4.79 Å². The predicted molar refractivity (Wildman–Crippen MR) is 109 cm³/mol. The van der Waals surface area contributed by atoms with E-state index in [-0.39, 0.29) is 18.3 Å². The molecule has 1 aromatic heterocycles. The van der Waals surface area contributed by atoms with Gasteiger partial charge in [0.1, 0.15) is 11.9 Å². The van der Waals surface area contributed by atoms with Crippen molar-refractivity contribution in [2.45, 2.75) is 51.6 Å². The van der Waals surface area contributed by atoms with Crippen molar-refractivity contribution in [1.82, 2.24) is 14.8 Å². The molecular weight excluding hydrogens is 362 g/mol. The van der Waals surface area contributed by atoms with Gasteiger partial charge in [0.25, 0.3) is 0 Å². The summed E-state index contributed by atoms with van der Waals surface area (Å²) >= 11 is 0. The Balaban J connectivity index is 0.00000261. The van der Waals surface area contributed by atoms with Crippen molar-refractivity contribution in [3.8, 4) is 6.07 Å². The van der Waals surface area contributed by atoms with Crippen molar-refractivity contribution in [3.05, 3.63) is 23.9 Å². The van der Waals surface area contributed by atoms with E-state index >= 15 is 0 Å². The fourth-order valence-electron chi connectivity index (χ4n) is 4.36. The zero-order valence-corrected chi connectivity index (χ0v) is 17.0. The van der Waals surface area contributed by atoms with Gasteiger partial charge < -0.3 is 10.2 Å². The molecular formula is C20H30ClN5O. The molecule has 2 aliphatic rings. The number of hydrogen-bond donors (Lipinski definition) is 1. The number of carbonyl (C=O) groups excluding carboxylic acids is 1. The van der Waals surface area contributed by atoms with Gasteiger partial charge in [0, 0.05) is 51.4 Å². The number of nitrogens with zero attached hydrogens (tertiary/aromatic N) is 4. The molecule has 7 heteroatoms. The molecule has 1 amide bonds. The molecule has 0 aliphatic carbocycles. The smallest absolute Gasteiger partial charge is 0.219 e. The Morgan fingerprint density at radius 2 is 2.11 bits per heavy atom. The number of pyridine rings is 1. The molecule has 1 aromatic rings. The van der Waals surface area contributed by atoms with Crippen LogP contribution in [0.3, 0.4) is 0 Å². The molecule has 0 radical (unpaired) electrons. The van der Waals surface area contributed by atoms with E-state index in [2.05, 4.69) is 28.2 Å². The topological polar surface area (TPSA) is 72.3 Å². The summed E-state index contributed by atoms with van der Waals surface area (Å²) < 4.78 is 0. The van der Waals surface area contributed by atoms with Crippen LogP contribution < -0.4 is 5.32 Å². The third-order valence-electron chi connectivity index (χ3n) is 5.81. The maximum absolute atomic E-state index is 11.5. The number of hydrogen-bond acceptors (Lipinski definition) is 5. The number of aromatic nitrogens is 1. The van der Waals surface area contributed by atoms with E-state index in [1.165, 1.54) is 6.42 Å². The van der Waals surface area contributed by atoms with Crippen LogP contribution in [0, 0.1) is 17.2 Å². The number of nitriles is 1. The first-order valence-corrected chi connectivity index (χ1v) is 9.73. The number of piperidine rings is 1. The number of nitrogens with one attached hydrogen (secondary N) is 1. The number of carbonyl (C=O) groups is 1. The minimum Gasteiger partial charge on any atom is -0.365 e. The molecule has 0 aromatic carbocycles. The highest BCUT2D eigenvalue weighted by Crippen LogP contribution is 2.29. The summed E-state index contributed by atoms with van der Waals surface area (Å²) in [6.07, 6.45) is 6.18. The maximum atomic E-state index is 11.5. The molecule has 3 rings (SSSR count). The minimum atomic E-state index is 0. The molecule has 2 aliphatic heterocycles. The van der Waals surface area contributed by atoms with Crippen LogP contribution in [0.1, 0.15) is 45.1 Å². The molecule has 0 unspecified atom stereocenters. The van der Waals surface area contributed by atoms with Crippen LogP contribution in [-0.4, -0.2) is 59.0 Å². The lowest BCUT2D eigenvalue weighted by atomic mass is 9.98. The van der Waals surface area contributed by atoms with Crippen LogP contribution >= 0.6 is 12.4 Å². The second kappa shape index (κ2) is 9.91. The highest BCUT2D eigenvalue weighted by molar-refractivity contribution is 5.85. The van der Waals surface area contributed by atoms with Crippen molar-refractivity contribution in [2.24, 2.45) is 5.92 Å². The van der Waals surface area contributed by atoms with Crippen LogP contribution in [0.4, 0.5) is 5.82 Å². The lowest BCUT2D eigenvalue weighted by Gasteiger charge is -2.36. The van der Waals surface area contributed by atoms with Gasteiger partial charge in [0.15, 0.2) is 0 Å². The van der Waals surface area contributed by atoms with E-state index in [1.54, 1.807) is 19.2 Å². The monoisotopic (exact) mass is 391 g/mol. The number of rotatable bonds is 5. The first-order valence-electron chi connectivity index (χ1n) is 9.73. The minimum absolute atomic E-state index is 0. The molecule has 3 heterocycles. The van der Waals surface area contributed by atoms with E-state index in [0.29, 0.717) is 29.4 Å². The third-order valence-corrected chi connectivity index (χ3v) is 5.81. The normalized spacial score (nSPS) is 23.5. The van der Waals surface area contributed by atoms with Gasteiger partial charge in [-0.05, 0) is 37.3 Å². The summed E-state index contributed by atoms with van der Waals surface area (Å²) in [5.74, 6) is 1.46. The number of amides is 1. The predicted octanol–water partition coefficient (Wildman–Crippen LogP) is 2.90. The fourth-order valence-corrected chi connectivity index (χ4v) is 4.36. The SMILES string of the molecule is CCC[C@H]1CN(C2CCN(C(C)=O)CC2)C[C@@H]1Nc1ncccc1C#N.Cl. The molecule has 148 valence electrons. The largest absolute Gasteiger partial charge is 0.365 e. The van der Waals surface area contributed by atoms with Gasteiger partial charge in [-0.25, -0.2) is 4.98 Å². The van der Waals surface area contributed by atoms with Crippen molar-refractivity contribution in [1.29, 1.82) is 5.26 Å². The zero-order valence-electron chi connectivity index (χ0n) is 16.2. The molecule has 0 saturated carbocycles. The molecule has 2 atom stereocenters. The van der Waals surface area contributed by atoms with Crippen LogP contribution in [0.15, 0.2) is 18.3 Å². The zero-order chi connectivity index (χ0) is 18.5. The fraction of sp³-hybridized carbons (Fsp3) is 0.650. The van der Waals surface area contributed by atoms with Crippen LogP contribution in [0.2, 0.25) is 0 Å². The van der Waals surface area contributed by atoms with Crippen LogP contribution in [-0.2, 0) is 4.79 Å². The Morgan fingerprint density at radius 3 is 2.74 bits per heavy atom. The first-order chi connectivity index (χ1) is 12.6. The van der Waals surface area contributed by atoms with E-state index < -0.39 is 0 Å². The van der Waals surface area contributed by atoms with E-state index in [1.807, 2.05) is 11.0 Å². The Morgan fingerprint density at radius 1 is 1.37 bits per heavy atom. The second-order valence-corrected chi connectivity index (χ2v) is 7.50. The van der Waals surface area contributed by atoms with E-state index in [9.17, 15) is 10.1 Å². The Labute approximate surface area is 168 Å². The second-order valence-electron chi connectivity index (χ2n) is 7.50.